The van der Waals surface area contributed by atoms with Crippen LogP contribution in [0.4, 0.5) is 0 Å². The Kier molecular flexibility index (Phi) is 2.66. The average Bonchev–Trinajstić information content (AvgIpc) is 2.45. The van der Waals surface area contributed by atoms with Crippen LogP contribution in [0, 0.1) is 5.92 Å². The number of ether oxygens (including phenoxy) is 3. The summed E-state index contributed by atoms with van der Waals surface area (Å²) in [6.45, 7) is 3.71. The lowest BCUT2D eigenvalue weighted by Crippen LogP contribution is -2.21. The minimum atomic E-state index is -0.643. The molecular formula is C12H16O4. The van der Waals surface area contributed by atoms with Crippen molar-refractivity contribution < 1.29 is 19.0 Å². The Balaban J connectivity index is 2.31. The van der Waals surface area contributed by atoms with Gasteiger partial charge in [-0.25, -0.2) is 0 Å². The number of hydrogen-bond acceptors (Lipinski definition) is 4. The van der Waals surface area contributed by atoms with Crippen molar-refractivity contribution in [3.63, 3.8) is 0 Å². The van der Waals surface area contributed by atoms with Gasteiger partial charge in [-0.2, -0.15) is 0 Å². The maximum Gasteiger partial charge on any atom is 0.245 e. The molecule has 0 bridgehead atoms. The van der Waals surface area contributed by atoms with Gasteiger partial charge in [0.05, 0.1) is 7.11 Å². The van der Waals surface area contributed by atoms with E-state index in [4.69, 9.17) is 14.2 Å². The molecule has 2 rings (SSSR count). The third-order valence-electron chi connectivity index (χ3n) is 2.66. The smallest absolute Gasteiger partial charge is 0.245 e. The summed E-state index contributed by atoms with van der Waals surface area (Å²) in [4.78, 5) is 10.8. The molecule has 0 aromatic rings. The van der Waals surface area contributed by atoms with E-state index in [9.17, 15) is 4.79 Å². The summed E-state index contributed by atoms with van der Waals surface area (Å²) in [7, 11) is 1.57. The predicted molar refractivity (Wildman–Crippen MR) is 57.2 cm³/mol. The third kappa shape index (κ3) is 1.92. The van der Waals surface area contributed by atoms with Gasteiger partial charge in [-0.15, -0.1) is 0 Å². The van der Waals surface area contributed by atoms with Gasteiger partial charge in [-0.1, -0.05) is 0 Å². The molecule has 0 spiro atoms. The molecule has 0 amide bonds. The molecule has 1 heterocycles. The van der Waals surface area contributed by atoms with Crippen LogP contribution in [-0.2, 0) is 19.0 Å². The highest BCUT2D eigenvalue weighted by atomic mass is 16.7. The minimum Gasteiger partial charge on any atom is -0.493 e. The Bertz CT molecular complexity index is 365. The van der Waals surface area contributed by atoms with Crippen molar-refractivity contribution in [3.8, 4) is 0 Å². The van der Waals surface area contributed by atoms with Crippen molar-refractivity contribution in [2.24, 2.45) is 5.92 Å². The van der Waals surface area contributed by atoms with Crippen LogP contribution in [-0.4, -0.2) is 19.2 Å². The van der Waals surface area contributed by atoms with Crippen LogP contribution in [0.5, 0.6) is 0 Å². The maximum atomic E-state index is 10.8. The molecule has 88 valence electrons. The number of carbonyl (C=O) groups is 1. The summed E-state index contributed by atoms with van der Waals surface area (Å²) >= 11 is 0. The Labute approximate surface area is 94.9 Å². The summed E-state index contributed by atoms with van der Waals surface area (Å²) in [5, 5.41) is 0. The predicted octanol–water partition coefficient (Wildman–Crippen LogP) is 2.12. The van der Waals surface area contributed by atoms with E-state index >= 15 is 0 Å². The molecule has 1 aliphatic heterocycles. The lowest BCUT2D eigenvalue weighted by molar-refractivity contribution is -0.125. The van der Waals surface area contributed by atoms with E-state index in [2.05, 4.69) is 0 Å². The zero-order valence-electron chi connectivity index (χ0n) is 9.78. The van der Waals surface area contributed by atoms with Gasteiger partial charge in [0.2, 0.25) is 11.5 Å². The molecule has 0 N–H and O–H groups in total. The second kappa shape index (κ2) is 3.85. The van der Waals surface area contributed by atoms with Gasteiger partial charge < -0.3 is 19.0 Å². The van der Waals surface area contributed by atoms with Gasteiger partial charge in [0.15, 0.2) is 5.76 Å². The monoisotopic (exact) mass is 224 g/mol. The van der Waals surface area contributed by atoms with E-state index in [1.165, 1.54) is 0 Å². The number of allylic oxidation sites excluding steroid dienone is 2. The summed E-state index contributed by atoms with van der Waals surface area (Å²) in [6.07, 6.45) is 4.15. The van der Waals surface area contributed by atoms with E-state index in [0.29, 0.717) is 17.9 Å². The van der Waals surface area contributed by atoms with Gasteiger partial charge in [0.1, 0.15) is 12.0 Å². The maximum absolute atomic E-state index is 10.8. The zero-order valence-corrected chi connectivity index (χ0v) is 9.78. The van der Waals surface area contributed by atoms with Crippen molar-refractivity contribution in [3.05, 3.63) is 23.4 Å². The first-order valence-electron chi connectivity index (χ1n) is 5.38. The fraction of sp³-hybridized carbons (Fsp3) is 0.583. The molecule has 1 unspecified atom stereocenters. The molecule has 0 saturated heterocycles. The highest BCUT2D eigenvalue weighted by molar-refractivity contribution is 5.58. The molecular weight excluding hydrogens is 208 g/mol. The van der Waals surface area contributed by atoms with Crippen LogP contribution in [0.2, 0.25) is 0 Å². The van der Waals surface area contributed by atoms with E-state index in [1.807, 2.05) is 13.8 Å². The average molecular weight is 224 g/mol. The molecule has 0 saturated carbocycles. The molecule has 0 fully saturated rings. The van der Waals surface area contributed by atoms with Gasteiger partial charge in [-0.3, -0.25) is 0 Å². The molecule has 0 radical (unpaired) electrons. The Morgan fingerprint density at radius 1 is 1.50 bits per heavy atom. The highest BCUT2D eigenvalue weighted by Gasteiger charge is 2.37. The van der Waals surface area contributed by atoms with E-state index < -0.39 is 5.79 Å². The fourth-order valence-electron chi connectivity index (χ4n) is 1.94. The third-order valence-corrected chi connectivity index (χ3v) is 2.66. The second-order valence-corrected chi connectivity index (χ2v) is 4.43. The highest BCUT2D eigenvalue weighted by Crippen LogP contribution is 2.39. The van der Waals surface area contributed by atoms with Crippen LogP contribution in [0.1, 0.15) is 26.7 Å². The number of aldehydes is 1. The summed E-state index contributed by atoms with van der Waals surface area (Å²) in [5.74, 6) is 1.24. The van der Waals surface area contributed by atoms with Crippen molar-refractivity contribution in [2.45, 2.75) is 32.5 Å². The van der Waals surface area contributed by atoms with Crippen molar-refractivity contribution in [2.75, 3.05) is 7.11 Å². The van der Waals surface area contributed by atoms with E-state index in [-0.39, 0.29) is 5.92 Å². The van der Waals surface area contributed by atoms with Crippen LogP contribution in [0.3, 0.4) is 0 Å². The number of methoxy groups -OCH3 is 1. The lowest BCUT2D eigenvalue weighted by atomic mass is 10.1. The van der Waals surface area contributed by atoms with Gasteiger partial charge in [0.25, 0.3) is 0 Å². The van der Waals surface area contributed by atoms with Crippen molar-refractivity contribution in [1.82, 2.24) is 0 Å². The molecule has 0 aromatic carbocycles. The summed E-state index contributed by atoms with van der Waals surface area (Å²) < 4.78 is 16.6. The van der Waals surface area contributed by atoms with Gasteiger partial charge in [0, 0.05) is 26.2 Å². The van der Waals surface area contributed by atoms with E-state index in [0.717, 1.165) is 18.5 Å². The summed E-state index contributed by atoms with van der Waals surface area (Å²) in [6, 6.07) is 0. The Morgan fingerprint density at radius 3 is 2.88 bits per heavy atom. The topological polar surface area (TPSA) is 44.8 Å². The molecule has 4 nitrogen and oxygen atoms in total. The number of hydrogen-bond donors (Lipinski definition) is 0. The molecule has 0 aromatic heterocycles. The van der Waals surface area contributed by atoms with Crippen LogP contribution in [0.25, 0.3) is 0 Å². The lowest BCUT2D eigenvalue weighted by Gasteiger charge is -2.20. The Hall–Kier alpha value is -1.45. The standard InChI is InChI=1S/C12H16O4/c1-12(2)15-9-5-4-8(7-13)6-10(14-3)11(9)16-12/h6-8H,4-5H2,1-3H3. The fourth-order valence-corrected chi connectivity index (χ4v) is 1.94. The van der Waals surface area contributed by atoms with E-state index in [1.54, 1.807) is 13.2 Å². The summed E-state index contributed by atoms with van der Waals surface area (Å²) in [5.41, 5.74) is 0. The molecule has 16 heavy (non-hydrogen) atoms. The van der Waals surface area contributed by atoms with Crippen LogP contribution >= 0.6 is 0 Å². The van der Waals surface area contributed by atoms with Gasteiger partial charge >= 0.3 is 0 Å². The van der Waals surface area contributed by atoms with Crippen LogP contribution in [0.15, 0.2) is 23.4 Å². The first-order chi connectivity index (χ1) is 7.55. The minimum absolute atomic E-state index is 0.129. The largest absolute Gasteiger partial charge is 0.493 e. The van der Waals surface area contributed by atoms with Crippen molar-refractivity contribution in [1.29, 1.82) is 0 Å². The Morgan fingerprint density at radius 2 is 2.25 bits per heavy atom. The molecule has 1 atom stereocenters. The quantitative estimate of drug-likeness (QED) is 0.674. The molecule has 4 heteroatoms. The normalized spacial score (nSPS) is 27.2. The molecule has 1 aliphatic carbocycles. The van der Waals surface area contributed by atoms with Gasteiger partial charge in [-0.05, 0) is 12.5 Å². The zero-order chi connectivity index (χ0) is 11.8. The first kappa shape index (κ1) is 11.0. The number of rotatable bonds is 2. The second-order valence-electron chi connectivity index (χ2n) is 4.43. The van der Waals surface area contributed by atoms with Crippen LogP contribution < -0.4 is 0 Å². The molecule has 2 aliphatic rings. The first-order valence-corrected chi connectivity index (χ1v) is 5.38. The number of carbonyl (C=O) groups excluding carboxylic acids is 1. The SMILES string of the molecule is COC1=CC(C=O)CCC2=C1OC(C)(C)O2. The van der Waals surface area contributed by atoms with Crippen molar-refractivity contribution >= 4 is 6.29 Å².